The van der Waals surface area contributed by atoms with E-state index >= 15 is 0 Å². The van der Waals surface area contributed by atoms with Crippen molar-refractivity contribution in [1.29, 1.82) is 0 Å². The van der Waals surface area contributed by atoms with Gasteiger partial charge in [0, 0.05) is 34.9 Å². The number of carboxylic acid groups (broad SMARTS) is 1. The van der Waals surface area contributed by atoms with Gasteiger partial charge >= 0.3 is 5.97 Å². The number of carboxylic acids is 1. The van der Waals surface area contributed by atoms with E-state index in [4.69, 9.17) is 11.5 Å². The number of anilines is 1. The molecule has 0 spiro atoms. The number of rotatable bonds is 6. The lowest BCUT2D eigenvalue weighted by atomic mass is 9.88. The van der Waals surface area contributed by atoms with Crippen molar-refractivity contribution in [3.63, 3.8) is 0 Å². The Morgan fingerprint density at radius 3 is 2.91 bits per heavy atom. The predicted molar refractivity (Wildman–Crippen MR) is 134 cm³/mol. The molecule has 5 N–H and O–H groups in total. The largest absolute Gasteiger partial charge is 0.479 e. The average molecular weight is 543 g/mol. The molecule has 5 rings (SSSR count). The number of nitrogen functional groups attached to an aromatic ring is 1. The molecule has 10 nitrogen and oxygen atoms in total. The summed E-state index contributed by atoms with van der Waals surface area (Å²) in [4.78, 5) is 28.4. The topological polar surface area (TPSA) is 149 Å². The number of aromatic nitrogens is 5. The van der Waals surface area contributed by atoms with Gasteiger partial charge in [-0.15, -0.1) is 5.10 Å². The molecule has 2 atom stereocenters. The van der Waals surface area contributed by atoms with Crippen LogP contribution in [0.4, 0.5) is 5.95 Å². The highest BCUT2D eigenvalue weighted by molar-refractivity contribution is 9.10. The number of hydrogen-bond donors (Lipinski definition) is 3. The Morgan fingerprint density at radius 2 is 2.15 bits per heavy atom. The molecule has 1 aliphatic heterocycles. The zero-order valence-electron chi connectivity index (χ0n) is 18.3. The maximum atomic E-state index is 12.8. The van der Waals surface area contributed by atoms with Gasteiger partial charge in [0.05, 0.1) is 17.3 Å². The number of fused-ring (bicyclic) bond motifs is 4. The van der Waals surface area contributed by atoms with Gasteiger partial charge in [0.2, 0.25) is 5.95 Å². The van der Waals surface area contributed by atoms with Crippen molar-refractivity contribution in [1.82, 2.24) is 29.5 Å². The Hall–Kier alpha value is -2.80. The molecule has 34 heavy (non-hydrogen) atoms. The molecule has 1 aromatic carbocycles. The van der Waals surface area contributed by atoms with Crippen LogP contribution in [0.3, 0.4) is 0 Å². The van der Waals surface area contributed by atoms with Gasteiger partial charge in [-0.05, 0) is 52.4 Å². The third kappa shape index (κ3) is 3.61. The molecule has 0 radical (unpaired) electrons. The highest BCUT2D eigenvalue weighted by atomic mass is 79.9. The van der Waals surface area contributed by atoms with E-state index in [1.165, 1.54) is 21.8 Å². The van der Waals surface area contributed by atoms with E-state index in [1.54, 1.807) is 6.20 Å². The number of pyridine rings is 1. The first-order valence-corrected chi connectivity index (χ1v) is 12.8. The van der Waals surface area contributed by atoms with E-state index in [-0.39, 0.29) is 11.8 Å². The SMILES string of the molecule is CSCC(N1CCc2cccnc2C1)C(N)(C(=O)O)c1nc2c3cccc(Br)c3nc(N)n2n1. The lowest BCUT2D eigenvalue weighted by Gasteiger charge is -2.41. The van der Waals surface area contributed by atoms with Crippen LogP contribution in [-0.4, -0.2) is 65.1 Å². The van der Waals surface area contributed by atoms with Crippen molar-refractivity contribution in [2.24, 2.45) is 5.73 Å². The van der Waals surface area contributed by atoms with Gasteiger partial charge in [-0.2, -0.15) is 16.3 Å². The smallest absolute Gasteiger partial charge is 0.333 e. The minimum atomic E-state index is -1.88. The number of aliphatic carboxylic acids is 1. The second-order valence-corrected chi connectivity index (χ2v) is 10.0. The Kier molecular flexibility index (Phi) is 5.92. The number of thioether (sulfide) groups is 1. The molecule has 0 aliphatic carbocycles. The van der Waals surface area contributed by atoms with Crippen molar-refractivity contribution in [2.45, 2.75) is 24.5 Å². The van der Waals surface area contributed by atoms with E-state index < -0.39 is 17.6 Å². The van der Waals surface area contributed by atoms with Crippen LogP contribution in [0.1, 0.15) is 17.1 Å². The first-order valence-electron chi connectivity index (χ1n) is 10.6. The molecule has 4 heterocycles. The van der Waals surface area contributed by atoms with Crippen LogP contribution in [-0.2, 0) is 23.3 Å². The summed E-state index contributed by atoms with van der Waals surface area (Å²) in [5.74, 6) is -0.642. The number of para-hydroxylation sites is 1. The van der Waals surface area contributed by atoms with Crippen LogP contribution in [0.15, 0.2) is 41.0 Å². The minimum absolute atomic E-state index is 0.00755. The number of halogens is 1. The van der Waals surface area contributed by atoms with E-state index in [9.17, 15) is 9.90 Å². The quantitative estimate of drug-likeness (QED) is 0.330. The second-order valence-electron chi connectivity index (χ2n) is 8.25. The second kappa shape index (κ2) is 8.77. The standard InChI is InChI=1S/C22H23BrN8O2S/c1-34-11-16(30-9-7-12-4-3-8-26-15(12)10-30)22(25,20(32)33)19-28-18-13-5-2-6-14(23)17(13)27-21(24)31(18)29-19/h2-6,8,16H,7,9-11,25H2,1H3,(H2,24,27)(H,32,33). The molecule has 4 aromatic rings. The third-order valence-corrected chi connectivity index (χ3v) is 7.59. The van der Waals surface area contributed by atoms with Gasteiger partial charge in [-0.25, -0.2) is 14.8 Å². The van der Waals surface area contributed by atoms with Crippen LogP contribution >= 0.6 is 27.7 Å². The fraction of sp³-hybridized carbons (Fsp3) is 0.318. The molecule has 0 saturated carbocycles. The molecular weight excluding hydrogens is 520 g/mol. The van der Waals surface area contributed by atoms with Gasteiger partial charge < -0.3 is 16.6 Å². The van der Waals surface area contributed by atoms with Crippen molar-refractivity contribution in [3.8, 4) is 0 Å². The van der Waals surface area contributed by atoms with Crippen LogP contribution in [0.25, 0.3) is 16.6 Å². The molecule has 3 aromatic heterocycles. The zero-order chi connectivity index (χ0) is 24.0. The Bertz CT molecular complexity index is 1410. The summed E-state index contributed by atoms with van der Waals surface area (Å²) in [5, 5.41) is 15.6. The molecule has 0 bridgehead atoms. The highest BCUT2D eigenvalue weighted by Gasteiger charge is 2.50. The van der Waals surface area contributed by atoms with Crippen LogP contribution in [0.2, 0.25) is 0 Å². The van der Waals surface area contributed by atoms with E-state index in [2.05, 4.69) is 46.9 Å². The summed E-state index contributed by atoms with van der Waals surface area (Å²) in [7, 11) is 0. The molecule has 12 heteroatoms. The van der Waals surface area contributed by atoms with Gasteiger partial charge in [0.15, 0.2) is 17.0 Å². The fourth-order valence-electron chi connectivity index (χ4n) is 4.51. The summed E-state index contributed by atoms with van der Waals surface area (Å²) < 4.78 is 2.11. The predicted octanol–water partition coefficient (Wildman–Crippen LogP) is 2.05. The zero-order valence-corrected chi connectivity index (χ0v) is 20.8. The lowest BCUT2D eigenvalue weighted by molar-refractivity contribution is -0.147. The number of hydrogen-bond acceptors (Lipinski definition) is 9. The molecule has 0 amide bonds. The summed E-state index contributed by atoms with van der Waals surface area (Å²) in [6.07, 6.45) is 4.44. The number of carbonyl (C=O) groups is 1. The lowest BCUT2D eigenvalue weighted by Crippen LogP contribution is -2.63. The average Bonchev–Trinajstić information content (AvgIpc) is 3.29. The molecule has 0 fully saturated rings. The molecule has 2 unspecified atom stereocenters. The maximum absolute atomic E-state index is 12.8. The molecule has 176 valence electrons. The van der Waals surface area contributed by atoms with E-state index in [0.717, 1.165) is 16.6 Å². The van der Waals surface area contributed by atoms with Crippen molar-refractivity contribution in [3.05, 3.63) is 58.1 Å². The van der Waals surface area contributed by atoms with E-state index in [1.807, 2.05) is 30.5 Å². The summed E-state index contributed by atoms with van der Waals surface area (Å²) in [6.45, 7) is 1.16. The molecule has 0 saturated heterocycles. The number of benzene rings is 1. The Balaban J connectivity index is 1.65. The highest BCUT2D eigenvalue weighted by Crippen LogP contribution is 2.32. The van der Waals surface area contributed by atoms with Crippen molar-refractivity contribution in [2.75, 3.05) is 24.3 Å². The fourth-order valence-corrected chi connectivity index (χ4v) is 5.75. The van der Waals surface area contributed by atoms with Crippen LogP contribution in [0.5, 0.6) is 0 Å². The normalized spacial score (nSPS) is 16.9. The van der Waals surface area contributed by atoms with Gasteiger partial charge in [-0.3, -0.25) is 9.88 Å². The number of nitrogens with zero attached hydrogens (tertiary/aromatic N) is 6. The molecular formula is C22H23BrN8O2S. The van der Waals surface area contributed by atoms with Crippen molar-refractivity contribution >= 4 is 56.2 Å². The molecule has 1 aliphatic rings. The first kappa shape index (κ1) is 23.0. The third-order valence-electron chi connectivity index (χ3n) is 6.30. The first-order chi connectivity index (χ1) is 16.3. The maximum Gasteiger partial charge on any atom is 0.333 e. The Morgan fingerprint density at radius 1 is 1.32 bits per heavy atom. The Labute approximate surface area is 207 Å². The van der Waals surface area contributed by atoms with E-state index in [0.29, 0.717) is 35.4 Å². The van der Waals surface area contributed by atoms with Crippen molar-refractivity contribution < 1.29 is 9.90 Å². The van der Waals surface area contributed by atoms with Gasteiger partial charge in [0.25, 0.3) is 0 Å². The minimum Gasteiger partial charge on any atom is -0.479 e. The summed E-state index contributed by atoms with van der Waals surface area (Å²) in [5.41, 5.74) is 14.2. The number of nitrogens with two attached hydrogens (primary N) is 2. The van der Waals surface area contributed by atoms with Crippen LogP contribution in [0, 0.1) is 0 Å². The van der Waals surface area contributed by atoms with Gasteiger partial charge in [-0.1, -0.05) is 12.1 Å². The summed E-state index contributed by atoms with van der Waals surface area (Å²) in [6, 6.07) is 8.93. The van der Waals surface area contributed by atoms with Crippen LogP contribution < -0.4 is 11.5 Å². The monoisotopic (exact) mass is 542 g/mol. The van der Waals surface area contributed by atoms with Gasteiger partial charge in [0.1, 0.15) is 0 Å². The summed E-state index contributed by atoms with van der Waals surface area (Å²) >= 11 is 5.01.